The number of benzene rings is 1. The molecule has 0 aliphatic carbocycles. The highest BCUT2D eigenvalue weighted by atomic mass is 32.1. The molecule has 10 heteroatoms. The molecule has 2 aliphatic heterocycles. The van der Waals surface area contributed by atoms with Crippen LogP contribution < -0.4 is 15.8 Å². The fraction of sp³-hybridized carbons (Fsp3) is 0.533. The molecule has 0 radical (unpaired) electrons. The first-order valence-electron chi connectivity index (χ1n) is 13.9. The summed E-state index contributed by atoms with van der Waals surface area (Å²) >= 11 is 1.34. The predicted molar refractivity (Wildman–Crippen MR) is 155 cm³/mol. The second-order valence-electron chi connectivity index (χ2n) is 12.3. The minimum absolute atomic E-state index is 0.0533. The van der Waals surface area contributed by atoms with Crippen LogP contribution in [0.4, 0.5) is 4.79 Å². The van der Waals surface area contributed by atoms with E-state index in [0.717, 1.165) is 10.4 Å². The van der Waals surface area contributed by atoms with Gasteiger partial charge in [-0.2, -0.15) is 0 Å². The van der Waals surface area contributed by atoms with Crippen molar-refractivity contribution in [2.75, 3.05) is 13.1 Å². The summed E-state index contributed by atoms with van der Waals surface area (Å²) in [6.07, 6.45) is 0.649. The molecule has 216 valence electrons. The predicted octanol–water partition coefficient (Wildman–Crippen LogP) is 4.06. The highest BCUT2D eigenvalue weighted by Gasteiger charge is 2.52. The van der Waals surface area contributed by atoms with Crippen LogP contribution in [0.15, 0.2) is 42.5 Å². The molecule has 2 fully saturated rings. The number of nitrogens with two attached hydrogens (primary N) is 1. The van der Waals surface area contributed by atoms with Gasteiger partial charge in [0.15, 0.2) is 10.8 Å². The summed E-state index contributed by atoms with van der Waals surface area (Å²) in [7, 11) is 0. The average molecular weight is 569 g/mol. The van der Waals surface area contributed by atoms with Crippen LogP contribution in [0.3, 0.4) is 0 Å². The minimum Gasteiger partial charge on any atom is -0.399 e. The van der Waals surface area contributed by atoms with Crippen molar-refractivity contribution in [3.8, 4) is 15.5 Å². The molecule has 4 unspecified atom stereocenters. The maximum atomic E-state index is 13.7. The Balaban J connectivity index is 1.42. The Labute approximate surface area is 240 Å². The van der Waals surface area contributed by atoms with Crippen molar-refractivity contribution in [2.45, 2.75) is 78.0 Å². The van der Waals surface area contributed by atoms with Crippen molar-refractivity contribution in [1.82, 2.24) is 15.1 Å². The van der Waals surface area contributed by atoms with E-state index in [1.165, 1.54) is 16.2 Å². The van der Waals surface area contributed by atoms with Crippen molar-refractivity contribution < 1.29 is 23.9 Å². The van der Waals surface area contributed by atoms with E-state index in [0.29, 0.717) is 30.9 Å². The van der Waals surface area contributed by atoms with Crippen molar-refractivity contribution in [3.05, 3.63) is 42.5 Å². The standard InChI is InChI=1S/C30H40N4O5S/c1-18(2)15-21(32-29(38)39-25-12-11-24(40-25)19-9-7-6-8-10-19)28(37)33-14-13-22-26(33)23(35)17-34(22)27(36)20(31)16-30(3,4)5/h6-12,18,20-22,26H,13-17,31H2,1-5H3,(H,32,38). The number of thiophene rings is 1. The molecule has 9 nitrogen and oxygen atoms in total. The molecule has 0 saturated carbocycles. The molecule has 1 aromatic carbocycles. The van der Waals surface area contributed by atoms with Crippen LogP contribution in [-0.4, -0.2) is 70.7 Å². The third kappa shape index (κ3) is 6.90. The first kappa shape index (κ1) is 29.7. The number of ether oxygens (including phenoxy) is 1. The summed E-state index contributed by atoms with van der Waals surface area (Å²) in [5, 5.41) is 3.15. The maximum Gasteiger partial charge on any atom is 0.414 e. The lowest BCUT2D eigenvalue weighted by Crippen LogP contribution is -2.53. The van der Waals surface area contributed by atoms with Gasteiger partial charge in [-0.25, -0.2) is 4.79 Å². The Bertz CT molecular complexity index is 1240. The van der Waals surface area contributed by atoms with Crippen molar-refractivity contribution >= 4 is 35.0 Å². The molecule has 40 heavy (non-hydrogen) atoms. The molecule has 4 rings (SSSR count). The topological polar surface area (TPSA) is 122 Å². The van der Waals surface area contributed by atoms with Crippen LogP contribution >= 0.6 is 11.3 Å². The number of amides is 3. The van der Waals surface area contributed by atoms with Crippen LogP contribution in [0.2, 0.25) is 0 Å². The number of hydrogen-bond donors (Lipinski definition) is 2. The van der Waals surface area contributed by atoms with E-state index in [4.69, 9.17) is 10.5 Å². The summed E-state index contributed by atoms with van der Waals surface area (Å²) in [5.74, 6) is -0.663. The lowest BCUT2D eigenvalue weighted by Gasteiger charge is -2.30. The molecule has 0 spiro atoms. The molecule has 2 aromatic rings. The highest BCUT2D eigenvalue weighted by molar-refractivity contribution is 7.17. The van der Waals surface area contributed by atoms with Crippen LogP contribution in [0, 0.1) is 11.3 Å². The van der Waals surface area contributed by atoms with Gasteiger partial charge in [0.1, 0.15) is 12.1 Å². The Morgan fingerprint density at radius 2 is 1.77 bits per heavy atom. The van der Waals surface area contributed by atoms with E-state index in [9.17, 15) is 19.2 Å². The molecular formula is C30H40N4O5S. The summed E-state index contributed by atoms with van der Waals surface area (Å²) < 4.78 is 5.53. The number of ketones is 1. The van der Waals surface area contributed by atoms with Crippen molar-refractivity contribution in [1.29, 1.82) is 0 Å². The number of nitrogens with one attached hydrogen (secondary N) is 1. The number of likely N-dealkylation sites (tertiary alicyclic amines) is 2. The average Bonchev–Trinajstić information content (AvgIpc) is 3.59. The number of Topliss-reactive ketones (excluding diaryl/α,β-unsaturated/α-hetero) is 1. The highest BCUT2D eigenvalue weighted by Crippen LogP contribution is 2.34. The number of hydrogen-bond acceptors (Lipinski definition) is 7. The largest absolute Gasteiger partial charge is 0.414 e. The van der Waals surface area contributed by atoms with Gasteiger partial charge >= 0.3 is 6.09 Å². The van der Waals surface area contributed by atoms with Crippen LogP contribution in [0.5, 0.6) is 5.06 Å². The monoisotopic (exact) mass is 568 g/mol. The lowest BCUT2D eigenvalue weighted by atomic mass is 9.88. The number of carbonyl (C=O) groups is 4. The zero-order valence-electron chi connectivity index (χ0n) is 23.9. The van der Waals surface area contributed by atoms with Crippen LogP contribution in [-0.2, 0) is 14.4 Å². The lowest BCUT2D eigenvalue weighted by molar-refractivity contribution is -0.138. The second kappa shape index (κ2) is 12.1. The molecule has 3 amide bonds. The molecule has 3 heterocycles. The van der Waals surface area contributed by atoms with Crippen LogP contribution in [0.25, 0.3) is 10.4 Å². The number of carbonyl (C=O) groups excluding carboxylic acids is 4. The quantitative estimate of drug-likeness (QED) is 0.495. The van der Waals surface area contributed by atoms with Gasteiger partial charge in [0.2, 0.25) is 11.8 Å². The van der Waals surface area contributed by atoms with Gasteiger partial charge in [-0.15, -0.1) is 0 Å². The summed E-state index contributed by atoms with van der Waals surface area (Å²) in [5.41, 5.74) is 7.11. The Morgan fingerprint density at radius 1 is 1.07 bits per heavy atom. The fourth-order valence-corrected chi connectivity index (χ4v) is 6.47. The zero-order valence-corrected chi connectivity index (χ0v) is 24.7. The molecule has 4 atom stereocenters. The number of rotatable bonds is 8. The van der Waals surface area contributed by atoms with Gasteiger partial charge in [0, 0.05) is 11.4 Å². The third-order valence-corrected chi connectivity index (χ3v) is 8.28. The van der Waals surface area contributed by atoms with E-state index in [1.807, 2.05) is 71.0 Å². The summed E-state index contributed by atoms with van der Waals surface area (Å²) in [4.78, 5) is 56.9. The Morgan fingerprint density at radius 3 is 2.42 bits per heavy atom. The van der Waals surface area contributed by atoms with E-state index in [1.54, 1.807) is 11.0 Å². The van der Waals surface area contributed by atoms with Crippen LogP contribution in [0.1, 0.15) is 53.9 Å². The van der Waals surface area contributed by atoms with E-state index < -0.39 is 30.3 Å². The van der Waals surface area contributed by atoms with Gasteiger partial charge in [-0.1, -0.05) is 76.3 Å². The fourth-order valence-electron chi connectivity index (χ4n) is 5.61. The van der Waals surface area contributed by atoms with E-state index >= 15 is 0 Å². The van der Waals surface area contributed by atoms with E-state index in [-0.39, 0.29) is 35.5 Å². The van der Waals surface area contributed by atoms with E-state index in [2.05, 4.69) is 5.32 Å². The molecule has 3 N–H and O–H groups in total. The van der Waals surface area contributed by atoms with Crippen molar-refractivity contribution in [2.24, 2.45) is 17.1 Å². The SMILES string of the molecule is CC(C)CC(NC(=O)Oc1ccc(-c2ccccc2)s1)C(=O)N1CCC2C1C(=O)CN2C(=O)C(N)CC(C)(C)C. The summed E-state index contributed by atoms with van der Waals surface area (Å²) in [6.45, 7) is 10.2. The minimum atomic E-state index is -0.861. The maximum absolute atomic E-state index is 13.7. The first-order chi connectivity index (χ1) is 18.8. The smallest absolute Gasteiger partial charge is 0.399 e. The molecular weight excluding hydrogens is 528 g/mol. The number of fused-ring (bicyclic) bond motifs is 1. The first-order valence-corrected chi connectivity index (χ1v) is 14.7. The van der Waals surface area contributed by atoms with Gasteiger partial charge < -0.3 is 25.6 Å². The molecule has 0 bridgehead atoms. The van der Waals surface area contributed by atoms with Gasteiger partial charge in [0.25, 0.3) is 0 Å². The Kier molecular flexibility index (Phi) is 8.99. The molecule has 1 aromatic heterocycles. The second-order valence-corrected chi connectivity index (χ2v) is 13.4. The third-order valence-electron chi connectivity index (χ3n) is 7.27. The zero-order chi connectivity index (χ0) is 29.2. The number of nitrogens with zero attached hydrogens (tertiary/aromatic N) is 2. The van der Waals surface area contributed by atoms with Gasteiger partial charge in [0.05, 0.1) is 18.6 Å². The normalized spacial score (nSPS) is 20.4. The Hall–Kier alpha value is -3.24. The van der Waals surface area contributed by atoms with Gasteiger partial charge in [-0.3, -0.25) is 14.4 Å². The van der Waals surface area contributed by atoms with Gasteiger partial charge in [-0.05, 0) is 48.3 Å². The molecule has 2 aliphatic rings. The van der Waals surface area contributed by atoms with Crippen molar-refractivity contribution in [3.63, 3.8) is 0 Å². The molecule has 2 saturated heterocycles. The summed E-state index contributed by atoms with van der Waals surface area (Å²) in [6, 6.07) is 10.7.